The Morgan fingerprint density at radius 1 is 1.23 bits per heavy atom. The fourth-order valence-corrected chi connectivity index (χ4v) is 3.51. The van der Waals surface area contributed by atoms with E-state index in [-0.39, 0.29) is 11.4 Å². The number of carbonyl (C=O) groups excluding carboxylic acids is 2. The van der Waals surface area contributed by atoms with Gasteiger partial charge < -0.3 is 15.4 Å². The second-order valence-electron chi connectivity index (χ2n) is 6.55. The molecule has 0 unspecified atom stereocenters. The second kappa shape index (κ2) is 10.6. The average molecular weight is 430 g/mol. The summed E-state index contributed by atoms with van der Waals surface area (Å²) in [7, 11) is 0. The monoisotopic (exact) mass is 430 g/mol. The minimum atomic E-state index is -0.510. The molecular formula is C20H22N4O5S. The number of carbonyl (C=O) groups is 2. The van der Waals surface area contributed by atoms with E-state index in [2.05, 4.69) is 15.5 Å². The lowest BCUT2D eigenvalue weighted by molar-refractivity contribution is -0.384. The smallest absolute Gasteiger partial charge is 0.270 e. The number of benzene rings is 1. The topological polar surface area (TPSA) is 114 Å². The summed E-state index contributed by atoms with van der Waals surface area (Å²) in [6.07, 6.45) is 1.43. The van der Waals surface area contributed by atoms with Crippen molar-refractivity contribution in [3.8, 4) is 0 Å². The maximum atomic E-state index is 12.7. The Balaban J connectivity index is 1.72. The van der Waals surface area contributed by atoms with E-state index in [9.17, 15) is 19.7 Å². The molecule has 0 saturated carbocycles. The molecule has 0 atom stereocenters. The first kappa shape index (κ1) is 21.6. The van der Waals surface area contributed by atoms with Crippen molar-refractivity contribution in [1.29, 1.82) is 0 Å². The minimum Gasteiger partial charge on any atom is -0.379 e. The number of hydrogen-bond donors (Lipinski definition) is 2. The van der Waals surface area contributed by atoms with Gasteiger partial charge in [0, 0.05) is 38.3 Å². The fourth-order valence-electron chi connectivity index (χ4n) is 2.89. The van der Waals surface area contributed by atoms with Crippen LogP contribution in [0.3, 0.4) is 0 Å². The normalized spacial score (nSPS) is 14.9. The number of nitrogens with zero attached hydrogens (tertiary/aromatic N) is 2. The highest BCUT2D eigenvalue weighted by molar-refractivity contribution is 7.12. The lowest BCUT2D eigenvalue weighted by atomic mass is 10.1. The van der Waals surface area contributed by atoms with Crippen LogP contribution < -0.4 is 10.6 Å². The number of nitro groups is 1. The number of amides is 2. The minimum absolute atomic E-state index is 0.0240. The molecule has 9 nitrogen and oxygen atoms in total. The van der Waals surface area contributed by atoms with Crippen molar-refractivity contribution in [2.24, 2.45) is 0 Å². The molecule has 1 aromatic heterocycles. The van der Waals surface area contributed by atoms with Crippen molar-refractivity contribution >= 4 is 34.9 Å². The second-order valence-corrected chi connectivity index (χ2v) is 7.50. The summed E-state index contributed by atoms with van der Waals surface area (Å²) >= 11 is 1.26. The highest BCUT2D eigenvalue weighted by Crippen LogP contribution is 2.16. The van der Waals surface area contributed by atoms with Gasteiger partial charge in [-0.2, -0.15) is 0 Å². The first-order valence-corrected chi connectivity index (χ1v) is 10.3. The standard InChI is InChI=1S/C20H22N4O5S/c25-19(21-6-7-23-8-10-29-11-9-23)17(22-20(26)18-5-2-12-30-18)14-15-3-1-4-16(13-15)24(27)28/h1-5,12-14H,6-11H2,(H,21,25)(H,22,26)/b17-14+. The van der Waals surface area contributed by atoms with Crippen molar-refractivity contribution in [1.82, 2.24) is 15.5 Å². The number of nitrogens with one attached hydrogen (secondary N) is 2. The largest absolute Gasteiger partial charge is 0.379 e. The van der Waals surface area contributed by atoms with Crippen LogP contribution in [0, 0.1) is 10.1 Å². The first-order chi connectivity index (χ1) is 14.5. The maximum Gasteiger partial charge on any atom is 0.270 e. The zero-order valence-corrected chi connectivity index (χ0v) is 17.0. The number of ether oxygens (including phenoxy) is 1. The third-order valence-electron chi connectivity index (χ3n) is 4.45. The van der Waals surface area contributed by atoms with Crippen LogP contribution in [0.4, 0.5) is 5.69 Å². The van der Waals surface area contributed by atoms with Crippen LogP contribution in [0.2, 0.25) is 0 Å². The Bertz CT molecular complexity index is 923. The van der Waals surface area contributed by atoms with Crippen LogP contribution in [0.5, 0.6) is 0 Å². The average Bonchev–Trinajstić information content (AvgIpc) is 3.29. The Labute approximate surface area is 177 Å². The number of thiophene rings is 1. The predicted octanol–water partition coefficient (Wildman–Crippen LogP) is 1.88. The van der Waals surface area contributed by atoms with Gasteiger partial charge in [0.15, 0.2) is 0 Å². The fraction of sp³-hybridized carbons (Fsp3) is 0.300. The molecule has 30 heavy (non-hydrogen) atoms. The molecule has 1 saturated heterocycles. The Morgan fingerprint density at radius 3 is 2.73 bits per heavy atom. The molecule has 2 aromatic rings. The van der Waals surface area contributed by atoms with E-state index in [1.165, 1.54) is 35.6 Å². The molecule has 0 aliphatic carbocycles. The van der Waals surface area contributed by atoms with Crippen LogP contribution in [0.1, 0.15) is 15.2 Å². The van der Waals surface area contributed by atoms with Crippen molar-refractivity contribution < 1.29 is 19.2 Å². The van der Waals surface area contributed by atoms with Gasteiger partial charge in [-0.25, -0.2) is 0 Å². The van der Waals surface area contributed by atoms with Crippen molar-refractivity contribution in [2.45, 2.75) is 0 Å². The van der Waals surface area contributed by atoms with Crippen molar-refractivity contribution in [3.05, 3.63) is 68.0 Å². The first-order valence-electron chi connectivity index (χ1n) is 9.42. The highest BCUT2D eigenvalue weighted by Gasteiger charge is 2.17. The molecule has 0 spiro atoms. The van der Waals surface area contributed by atoms with Crippen LogP contribution in [-0.4, -0.2) is 61.0 Å². The number of nitro benzene ring substituents is 1. The Hall–Kier alpha value is -3.08. The van der Waals surface area contributed by atoms with E-state index in [1.54, 1.807) is 23.6 Å². The molecule has 1 fully saturated rings. The van der Waals surface area contributed by atoms with Crippen molar-refractivity contribution in [2.75, 3.05) is 39.4 Å². The molecule has 3 rings (SSSR count). The molecule has 2 amide bonds. The third kappa shape index (κ3) is 6.21. The summed E-state index contributed by atoms with van der Waals surface area (Å²) in [6.45, 7) is 4.02. The number of rotatable bonds is 8. The molecule has 1 aromatic carbocycles. The lowest BCUT2D eigenvalue weighted by Crippen LogP contribution is -2.42. The van der Waals surface area contributed by atoms with Crippen molar-refractivity contribution in [3.63, 3.8) is 0 Å². The molecule has 1 aliphatic rings. The molecule has 2 N–H and O–H groups in total. The molecule has 158 valence electrons. The van der Waals surface area contributed by atoms with E-state index in [1.807, 2.05) is 0 Å². The van der Waals surface area contributed by atoms with E-state index in [4.69, 9.17) is 4.74 Å². The van der Waals surface area contributed by atoms with Crippen LogP contribution in [-0.2, 0) is 9.53 Å². The number of morpholine rings is 1. The van der Waals surface area contributed by atoms with Gasteiger partial charge in [-0.3, -0.25) is 24.6 Å². The van der Waals surface area contributed by atoms with Gasteiger partial charge in [0.1, 0.15) is 5.70 Å². The van der Waals surface area contributed by atoms with Gasteiger partial charge in [-0.05, 0) is 23.1 Å². The van der Waals surface area contributed by atoms with Crippen LogP contribution in [0.15, 0.2) is 47.5 Å². The number of non-ortho nitro benzene ring substituents is 1. The van der Waals surface area contributed by atoms with Gasteiger partial charge in [-0.1, -0.05) is 18.2 Å². The summed E-state index contributed by atoms with van der Waals surface area (Å²) in [5.41, 5.74) is 0.366. The zero-order valence-electron chi connectivity index (χ0n) is 16.2. The molecule has 1 aliphatic heterocycles. The van der Waals surface area contributed by atoms with E-state index < -0.39 is 16.7 Å². The van der Waals surface area contributed by atoms with E-state index in [0.29, 0.717) is 36.7 Å². The van der Waals surface area contributed by atoms with E-state index in [0.717, 1.165) is 13.1 Å². The van der Waals surface area contributed by atoms with Gasteiger partial charge in [0.05, 0.1) is 23.0 Å². The molecule has 10 heteroatoms. The van der Waals surface area contributed by atoms with E-state index >= 15 is 0 Å². The summed E-state index contributed by atoms with van der Waals surface area (Å²) in [5, 5.41) is 18.2. The zero-order chi connectivity index (χ0) is 21.3. The van der Waals surface area contributed by atoms with Crippen LogP contribution >= 0.6 is 11.3 Å². The summed E-state index contributed by atoms with van der Waals surface area (Å²) in [5.74, 6) is -0.871. The van der Waals surface area contributed by atoms with Gasteiger partial charge >= 0.3 is 0 Å². The highest BCUT2D eigenvalue weighted by atomic mass is 32.1. The van der Waals surface area contributed by atoms with Gasteiger partial charge in [0.25, 0.3) is 17.5 Å². The molecule has 0 bridgehead atoms. The summed E-state index contributed by atoms with van der Waals surface area (Å²) in [4.78, 5) is 38.3. The predicted molar refractivity (Wildman–Crippen MR) is 113 cm³/mol. The summed E-state index contributed by atoms with van der Waals surface area (Å²) in [6, 6.07) is 9.26. The number of hydrogen-bond acceptors (Lipinski definition) is 7. The van der Waals surface area contributed by atoms with Gasteiger partial charge in [0.2, 0.25) is 0 Å². The maximum absolute atomic E-state index is 12.7. The Kier molecular flexibility index (Phi) is 7.66. The molecule has 2 heterocycles. The lowest BCUT2D eigenvalue weighted by Gasteiger charge is -2.26. The molecule has 0 radical (unpaired) electrons. The summed E-state index contributed by atoms with van der Waals surface area (Å²) < 4.78 is 5.30. The van der Waals surface area contributed by atoms with Gasteiger partial charge in [-0.15, -0.1) is 11.3 Å². The van der Waals surface area contributed by atoms with Crippen LogP contribution in [0.25, 0.3) is 6.08 Å². The SMILES string of the molecule is O=C(NCCN1CCOCC1)/C(=C\c1cccc([N+](=O)[O-])c1)NC(=O)c1cccs1. The Morgan fingerprint density at radius 2 is 2.03 bits per heavy atom. The quantitative estimate of drug-likeness (QED) is 0.376. The molecular weight excluding hydrogens is 408 g/mol. The third-order valence-corrected chi connectivity index (χ3v) is 5.32.